The average molecular weight is 318 g/mol. The lowest BCUT2D eigenvalue weighted by atomic mass is 10.0. The highest BCUT2D eigenvalue weighted by molar-refractivity contribution is 6.30. The number of hydrogen-bond acceptors (Lipinski definition) is 3. The molecule has 0 aliphatic rings. The largest absolute Gasteiger partial charge is 0.351 e. The van der Waals surface area contributed by atoms with E-state index in [1.54, 1.807) is 12.1 Å². The molecule has 0 saturated heterocycles. The van der Waals surface area contributed by atoms with Crippen molar-refractivity contribution in [1.29, 1.82) is 0 Å². The van der Waals surface area contributed by atoms with Crippen molar-refractivity contribution in [3.63, 3.8) is 0 Å². The Bertz CT molecular complexity index is 411. The van der Waals surface area contributed by atoms with Gasteiger partial charge in [-0.1, -0.05) is 24.6 Å². The van der Waals surface area contributed by atoms with Gasteiger partial charge in [-0.25, -0.2) is 4.39 Å². The summed E-state index contributed by atoms with van der Waals surface area (Å²) < 4.78 is 24.6. The molecule has 0 aliphatic heterocycles. The number of nitrogens with one attached hydrogen (secondary N) is 1. The fraction of sp³-hybridized carbons (Fsp3) is 0.625. The molecule has 1 atom stereocenters. The van der Waals surface area contributed by atoms with E-state index in [-0.39, 0.29) is 17.4 Å². The van der Waals surface area contributed by atoms with Crippen LogP contribution in [0.4, 0.5) is 4.39 Å². The zero-order valence-corrected chi connectivity index (χ0v) is 13.8. The first-order valence-corrected chi connectivity index (χ1v) is 7.90. The van der Waals surface area contributed by atoms with Crippen molar-refractivity contribution < 1.29 is 13.9 Å². The Balaban J connectivity index is 2.81. The third kappa shape index (κ3) is 6.30. The van der Waals surface area contributed by atoms with Gasteiger partial charge in [0.05, 0.1) is 11.1 Å². The van der Waals surface area contributed by atoms with Crippen molar-refractivity contribution >= 4 is 11.6 Å². The Kier molecular flexibility index (Phi) is 8.85. The number of ether oxygens (including phenoxy) is 2. The quantitative estimate of drug-likeness (QED) is 0.666. The van der Waals surface area contributed by atoms with Gasteiger partial charge in [-0.15, -0.1) is 0 Å². The van der Waals surface area contributed by atoms with E-state index in [4.69, 9.17) is 21.1 Å². The minimum Gasteiger partial charge on any atom is -0.351 e. The van der Waals surface area contributed by atoms with Crippen LogP contribution in [-0.2, 0) is 15.9 Å². The zero-order chi connectivity index (χ0) is 15.7. The topological polar surface area (TPSA) is 30.5 Å². The van der Waals surface area contributed by atoms with Gasteiger partial charge in [0.2, 0.25) is 0 Å². The second-order valence-electron chi connectivity index (χ2n) is 4.79. The van der Waals surface area contributed by atoms with Gasteiger partial charge in [0.15, 0.2) is 6.29 Å². The molecule has 1 rings (SSSR count). The minimum atomic E-state index is -0.398. The van der Waals surface area contributed by atoms with Crippen LogP contribution in [0.25, 0.3) is 0 Å². The Labute approximate surface area is 131 Å². The average Bonchev–Trinajstić information content (AvgIpc) is 2.47. The molecule has 0 aliphatic carbocycles. The molecule has 3 nitrogen and oxygen atoms in total. The van der Waals surface area contributed by atoms with Crippen LogP contribution >= 0.6 is 11.6 Å². The Morgan fingerprint density at radius 1 is 1.19 bits per heavy atom. The van der Waals surface area contributed by atoms with Crippen molar-refractivity contribution in [2.24, 2.45) is 0 Å². The molecule has 1 aromatic rings. The van der Waals surface area contributed by atoms with E-state index < -0.39 is 5.82 Å². The molecule has 0 radical (unpaired) electrons. The maximum absolute atomic E-state index is 13.2. The number of rotatable bonds is 10. The smallest absolute Gasteiger partial charge is 0.172 e. The van der Waals surface area contributed by atoms with Crippen molar-refractivity contribution in [3.8, 4) is 0 Å². The molecule has 0 amide bonds. The van der Waals surface area contributed by atoms with Gasteiger partial charge in [-0.2, -0.15) is 0 Å². The second kappa shape index (κ2) is 10.1. The molecule has 1 N–H and O–H groups in total. The van der Waals surface area contributed by atoms with Crippen molar-refractivity contribution in [1.82, 2.24) is 5.32 Å². The summed E-state index contributed by atoms with van der Waals surface area (Å²) in [6.45, 7) is 8.03. The van der Waals surface area contributed by atoms with E-state index in [1.807, 2.05) is 13.8 Å². The lowest BCUT2D eigenvalue weighted by molar-refractivity contribution is -0.153. The maximum Gasteiger partial charge on any atom is 0.172 e. The van der Waals surface area contributed by atoms with Gasteiger partial charge in [-0.3, -0.25) is 0 Å². The summed E-state index contributed by atoms with van der Waals surface area (Å²) >= 11 is 5.85. The first-order valence-electron chi connectivity index (χ1n) is 7.52. The van der Waals surface area contributed by atoms with Crippen LogP contribution in [0.15, 0.2) is 18.2 Å². The molecule has 21 heavy (non-hydrogen) atoms. The monoisotopic (exact) mass is 317 g/mol. The molecule has 0 saturated carbocycles. The Morgan fingerprint density at radius 2 is 1.86 bits per heavy atom. The second-order valence-corrected chi connectivity index (χ2v) is 5.20. The first-order chi connectivity index (χ1) is 10.1. The van der Waals surface area contributed by atoms with Crippen LogP contribution in [0.2, 0.25) is 5.02 Å². The molecule has 0 fully saturated rings. The van der Waals surface area contributed by atoms with Crippen LogP contribution in [0.1, 0.15) is 32.8 Å². The number of hydrogen-bond donors (Lipinski definition) is 1. The molecule has 0 spiro atoms. The molecule has 0 heterocycles. The predicted octanol–water partition coefficient (Wildman–Crippen LogP) is 3.79. The zero-order valence-electron chi connectivity index (χ0n) is 13.0. The number of benzene rings is 1. The summed E-state index contributed by atoms with van der Waals surface area (Å²) in [5.74, 6) is -0.398. The highest BCUT2D eigenvalue weighted by Crippen LogP contribution is 2.18. The van der Waals surface area contributed by atoms with Crippen LogP contribution in [0.3, 0.4) is 0 Å². The van der Waals surface area contributed by atoms with Gasteiger partial charge in [0.1, 0.15) is 5.82 Å². The normalized spacial score (nSPS) is 12.9. The van der Waals surface area contributed by atoms with Crippen LogP contribution in [-0.4, -0.2) is 32.1 Å². The van der Waals surface area contributed by atoms with Crippen molar-refractivity contribution in [2.75, 3.05) is 19.8 Å². The summed E-state index contributed by atoms with van der Waals surface area (Å²) in [5, 5.41) is 3.58. The van der Waals surface area contributed by atoms with E-state index >= 15 is 0 Å². The van der Waals surface area contributed by atoms with E-state index in [9.17, 15) is 4.39 Å². The summed E-state index contributed by atoms with van der Waals surface area (Å²) in [4.78, 5) is 0. The van der Waals surface area contributed by atoms with Gasteiger partial charge < -0.3 is 14.8 Å². The van der Waals surface area contributed by atoms with Gasteiger partial charge in [0, 0.05) is 13.2 Å². The van der Waals surface area contributed by atoms with E-state index in [2.05, 4.69) is 12.2 Å². The molecule has 5 heteroatoms. The SMILES string of the molecule is CCCNC(Cc1ccc(F)c(Cl)c1)C(OCC)OCC. The molecule has 120 valence electrons. The molecular weight excluding hydrogens is 293 g/mol. The summed E-state index contributed by atoms with van der Waals surface area (Å²) in [5.41, 5.74) is 0.958. The standard InChI is InChI=1S/C16H25ClFNO2/c1-4-9-19-15(16(20-5-2)21-6-3)11-12-7-8-14(18)13(17)10-12/h7-8,10,15-16,19H,4-6,9,11H2,1-3H3. The lowest BCUT2D eigenvalue weighted by Crippen LogP contribution is -2.45. The van der Waals surface area contributed by atoms with E-state index in [0.29, 0.717) is 19.6 Å². The minimum absolute atomic E-state index is 0.00591. The summed E-state index contributed by atoms with van der Waals surface area (Å²) in [7, 11) is 0. The third-order valence-electron chi connectivity index (χ3n) is 3.09. The maximum atomic E-state index is 13.2. The van der Waals surface area contributed by atoms with Crippen molar-refractivity contribution in [3.05, 3.63) is 34.6 Å². The lowest BCUT2D eigenvalue weighted by Gasteiger charge is -2.28. The molecule has 1 unspecified atom stereocenters. The fourth-order valence-corrected chi connectivity index (χ4v) is 2.33. The van der Waals surface area contributed by atoms with E-state index in [1.165, 1.54) is 6.07 Å². The molecular formula is C16H25ClFNO2. The Morgan fingerprint density at radius 3 is 2.38 bits per heavy atom. The molecule has 0 aromatic heterocycles. The van der Waals surface area contributed by atoms with E-state index in [0.717, 1.165) is 18.5 Å². The first kappa shape index (κ1) is 18.4. The third-order valence-corrected chi connectivity index (χ3v) is 3.38. The van der Waals surface area contributed by atoms with Gasteiger partial charge in [0.25, 0.3) is 0 Å². The number of halogens is 2. The highest BCUT2D eigenvalue weighted by atomic mass is 35.5. The van der Waals surface area contributed by atoms with Gasteiger partial charge >= 0.3 is 0 Å². The molecule has 0 bridgehead atoms. The predicted molar refractivity (Wildman–Crippen MR) is 84.2 cm³/mol. The van der Waals surface area contributed by atoms with Crippen LogP contribution in [0.5, 0.6) is 0 Å². The summed E-state index contributed by atoms with van der Waals surface area (Å²) in [6.07, 6.45) is 1.37. The van der Waals surface area contributed by atoms with Gasteiger partial charge in [-0.05, 0) is 50.9 Å². The molecule has 1 aromatic carbocycles. The highest BCUT2D eigenvalue weighted by Gasteiger charge is 2.22. The summed E-state index contributed by atoms with van der Waals surface area (Å²) in [6, 6.07) is 4.81. The van der Waals surface area contributed by atoms with Crippen LogP contribution in [0, 0.1) is 5.82 Å². The fourth-order valence-electron chi connectivity index (χ4n) is 2.12. The Hall–Kier alpha value is -0.680. The van der Waals surface area contributed by atoms with Crippen LogP contribution < -0.4 is 5.32 Å². The van der Waals surface area contributed by atoms with Crippen molar-refractivity contribution in [2.45, 2.75) is 45.9 Å².